The van der Waals surface area contributed by atoms with Crippen LogP contribution in [-0.2, 0) is 38.8 Å². The van der Waals surface area contributed by atoms with Crippen LogP contribution in [0.2, 0.25) is 5.02 Å². The Kier molecular flexibility index (Phi) is 14.1. The Balaban J connectivity index is 0.000000195. The highest BCUT2D eigenvalue weighted by Gasteiger charge is 2.42. The average molecular weight is 885 g/mol. The number of terminal acetylenes is 1. The lowest BCUT2D eigenvalue weighted by Gasteiger charge is -2.43. The van der Waals surface area contributed by atoms with Crippen LogP contribution in [-0.4, -0.2) is 54.6 Å². The number of aromatic nitrogens is 3. The number of aliphatic hydroxyl groups excluding tert-OH is 1. The van der Waals surface area contributed by atoms with Gasteiger partial charge in [0, 0.05) is 48.5 Å². The molecule has 3 aromatic carbocycles. The highest BCUT2D eigenvalue weighted by atomic mass is 35.5. The molecule has 1 unspecified atom stereocenters. The normalized spacial score (nSPS) is 24.2. The van der Waals surface area contributed by atoms with Crippen LogP contribution < -0.4 is 5.56 Å². The molecule has 0 spiro atoms. The number of pyridine rings is 1. The highest BCUT2D eigenvalue weighted by molar-refractivity contribution is 6.30. The van der Waals surface area contributed by atoms with Gasteiger partial charge in [-0.1, -0.05) is 93.8 Å². The fraction of sp³-hybridized carbons (Fsp3) is 0.396. The summed E-state index contributed by atoms with van der Waals surface area (Å²) >= 11 is 6.14. The number of nitrogens with zero attached hydrogens (tertiary/aromatic N) is 3. The molecule has 334 valence electrons. The van der Waals surface area contributed by atoms with Crippen LogP contribution in [0.25, 0.3) is 22.0 Å². The van der Waals surface area contributed by atoms with Crippen molar-refractivity contribution in [1.29, 1.82) is 0 Å². The first-order valence-electron chi connectivity index (χ1n) is 22.3. The summed E-state index contributed by atoms with van der Waals surface area (Å²) in [6.45, 7) is 8.33. The molecule has 8 rings (SSSR count). The number of rotatable bonds is 10. The lowest BCUT2D eigenvalue weighted by molar-refractivity contribution is -0.162. The van der Waals surface area contributed by atoms with Crippen LogP contribution in [0.4, 0.5) is 0 Å². The van der Waals surface area contributed by atoms with Gasteiger partial charge < -0.3 is 28.8 Å². The van der Waals surface area contributed by atoms with Crippen molar-refractivity contribution in [3.05, 3.63) is 147 Å². The Morgan fingerprint density at radius 3 is 2.48 bits per heavy atom. The molecule has 5 aromatic rings. The van der Waals surface area contributed by atoms with E-state index in [-0.39, 0.29) is 48.0 Å². The number of imidazole rings is 1. The van der Waals surface area contributed by atoms with E-state index in [1.807, 2.05) is 63.4 Å². The number of carbonyl (C=O) groups excluding carboxylic acids is 2. The van der Waals surface area contributed by atoms with Gasteiger partial charge in [-0.25, -0.2) is 4.98 Å². The molecule has 0 bridgehead atoms. The standard InChI is InChI=1S/C29H22ClN3O2.C24H36O5/c1-4-19-6-5-7-20(14-19)24-16-28(34)33(3)26-13-10-22(15-25(24)26)29(35,27-17-31-18-32(27)2)21-8-11-23(30)12-9-21;1-5-15(3)24(27)29-21-11-14(2)10-17-7-6-16(4)20(23(17)21)9-8-19-12-18(25)13-22(26)28-19/h1,5-18,35H,2-3H3;6-7,10,14-16,18-21,23,25H,5,8-9,11-13H2,1-4H3/t;14-,15-,16-,18+,19+,20-,21-,23-/m.0/s1. The minimum atomic E-state index is -1.52. The maximum Gasteiger partial charge on any atom is 0.308 e. The van der Waals surface area contributed by atoms with Gasteiger partial charge in [0.15, 0.2) is 5.60 Å². The van der Waals surface area contributed by atoms with Gasteiger partial charge in [0.05, 0.1) is 42.2 Å². The number of carbonyl (C=O) groups is 2. The van der Waals surface area contributed by atoms with Crippen LogP contribution in [0.15, 0.2) is 114 Å². The Morgan fingerprint density at radius 1 is 1.05 bits per heavy atom. The monoisotopic (exact) mass is 883 g/mol. The minimum absolute atomic E-state index is 0.0854. The van der Waals surface area contributed by atoms with E-state index in [1.165, 1.54) is 5.57 Å². The first-order chi connectivity index (χ1) is 30.6. The first kappa shape index (κ1) is 46.3. The minimum Gasteiger partial charge on any atom is -0.462 e. The highest BCUT2D eigenvalue weighted by Crippen LogP contribution is 2.46. The van der Waals surface area contributed by atoms with Gasteiger partial charge >= 0.3 is 11.9 Å². The lowest BCUT2D eigenvalue weighted by Crippen LogP contribution is -2.42. The first-order valence-corrected chi connectivity index (χ1v) is 22.6. The molecule has 1 fully saturated rings. The third kappa shape index (κ3) is 9.68. The van der Waals surface area contributed by atoms with Crippen molar-refractivity contribution in [3.63, 3.8) is 0 Å². The molecule has 9 atom stereocenters. The quantitative estimate of drug-likeness (QED) is 0.105. The van der Waals surface area contributed by atoms with Crippen molar-refractivity contribution in [2.24, 2.45) is 43.7 Å². The van der Waals surface area contributed by atoms with E-state index in [0.717, 1.165) is 53.3 Å². The Hall–Kier alpha value is -5.73. The van der Waals surface area contributed by atoms with Crippen molar-refractivity contribution in [2.75, 3.05) is 0 Å². The van der Waals surface area contributed by atoms with Crippen LogP contribution in [0.5, 0.6) is 0 Å². The van der Waals surface area contributed by atoms with Gasteiger partial charge in [-0.05, 0) is 108 Å². The lowest BCUT2D eigenvalue weighted by atomic mass is 9.65. The van der Waals surface area contributed by atoms with Crippen LogP contribution in [0.1, 0.15) is 88.6 Å². The summed E-state index contributed by atoms with van der Waals surface area (Å²) in [5.74, 6) is 3.41. The number of hydrogen-bond acceptors (Lipinski definition) is 8. The van der Waals surface area contributed by atoms with Gasteiger partial charge in [0.2, 0.25) is 0 Å². The van der Waals surface area contributed by atoms with Gasteiger partial charge in [0.25, 0.3) is 5.56 Å². The van der Waals surface area contributed by atoms with Gasteiger partial charge in [-0.2, -0.15) is 0 Å². The maximum atomic E-state index is 12.8. The number of fused-ring (bicyclic) bond motifs is 2. The Morgan fingerprint density at radius 2 is 1.80 bits per heavy atom. The molecular formula is C53H58ClN3O7. The number of aryl methyl sites for hydroxylation is 2. The number of allylic oxidation sites excluding steroid dienone is 3. The fourth-order valence-corrected chi connectivity index (χ4v) is 9.76. The largest absolute Gasteiger partial charge is 0.462 e. The summed E-state index contributed by atoms with van der Waals surface area (Å²) in [7, 11) is 3.57. The van der Waals surface area contributed by atoms with E-state index in [0.29, 0.717) is 46.0 Å². The van der Waals surface area contributed by atoms with Crippen LogP contribution >= 0.6 is 11.6 Å². The number of aliphatic hydroxyl groups is 2. The molecule has 64 heavy (non-hydrogen) atoms. The zero-order valence-corrected chi connectivity index (χ0v) is 38.2. The summed E-state index contributed by atoms with van der Waals surface area (Å²) in [6.07, 6.45) is 18.6. The van der Waals surface area contributed by atoms with E-state index in [2.05, 4.69) is 43.0 Å². The van der Waals surface area contributed by atoms with Crippen LogP contribution in [0, 0.1) is 41.9 Å². The zero-order chi connectivity index (χ0) is 45.9. The second-order valence-corrected chi connectivity index (χ2v) is 18.3. The molecule has 11 heteroatoms. The summed E-state index contributed by atoms with van der Waals surface area (Å²) in [5, 5.41) is 23.6. The molecular weight excluding hydrogens is 826 g/mol. The van der Waals surface area contributed by atoms with Crippen LogP contribution in [0.3, 0.4) is 0 Å². The summed E-state index contributed by atoms with van der Waals surface area (Å²) in [6, 6.07) is 21.9. The van der Waals surface area contributed by atoms with E-state index in [4.69, 9.17) is 27.5 Å². The van der Waals surface area contributed by atoms with E-state index < -0.39 is 11.7 Å². The molecule has 0 saturated carbocycles. The van der Waals surface area contributed by atoms with Crippen molar-refractivity contribution < 1.29 is 29.3 Å². The average Bonchev–Trinajstić information content (AvgIpc) is 3.72. The third-order valence-corrected chi connectivity index (χ3v) is 13.6. The van der Waals surface area contributed by atoms with Crippen molar-refractivity contribution >= 4 is 34.4 Å². The van der Waals surface area contributed by atoms with Gasteiger partial charge in [-0.3, -0.25) is 14.4 Å². The molecule has 0 amide bonds. The summed E-state index contributed by atoms with van der Waals surface area (Å²) in [4.78, 5) is 41.3. The van der Waals surface area contributed by atoms with Crippen molar-refractivity contribution in [3.8, 4) is 23.5 Å². The molecule has 1 aliphatic heterocycles. The zero-order valence-electron chi connectivity index (χ0n) is 37.4. The van der Waals surface area contributed by atoms with Crippen molar-refractivity contribution in [1.82, 2.24) is 14.1 Å². The fourth-order valence-electron chi connectivity index (χ4n) is 9.63. The predicted octanol–water partition coefficient (Wildman–Crippen LogP) is 9.05. The number of ether oxygens (including phenoxy) is 2. The predicted molar refractivity (Wildman–Crippen MR) is 250 cm³/mol. The maximum absolute atomic E-state index is 12.8. The summed E-state index contributed by atoms with van der Waals surface area (Å²) in [5.41, 5.74) is 4.53. The molecule has 1 saturated heterocycles. The number of hydrogen-bond donors (Lipinski definition) is 2. The molecule has 3 heterocycles. The second kappa shape index (κ2) is 19.6. The SMILES string of the molecule is C#Cc1cccc(-c2cc(=O)n(C)c3ccc(C(O)(c4ccc(Cl)cc4)c4cncn4C)cc23)c1.CC[C@H](C)C(=O)O[C@H]1C[C@@H](C)C=C2C=C[C@H](C)[C@H](CC[C@@H]3C[C@@H](O)CC(=O)O3)[C@H]21. The summed E-state index contributed by atoms with van der Waals surface area (Å²) < 4.78 is 14.9. The van der Waals surface area contributed by atoms with E-state index >= 15 is 0 Å². The van der Waals surface area contributed by atoms with E-state index in [1.54, 1.807) is 59.0 Å². The molecule has 2 N–H and O–H groups in total. The molecule has 10 nitrogen and oxygen atoms in total. The Bertz CT molecular complexity index is 2670. The topological polar surface area (TPSA) is 133 Å². The number of halogens is 1. The van der Waals surface area contributed by atoms with Gasteiger partial charge in [0.1, 0.15) is 12.2 Å². The Labute approximate surface area is 380 Å². The number of benzene rings is 3. The van der Waals surface area contributed by atoms with Crippen molar-refractivity contribution in [2.45, 2.75) is 90.1 Å². The molecule has 2 aliphatic carbocycles. The van der Waals surface area contributed by atoms with Gasteiger partial charge in [-0.15, -0.1) is 6.42 Å². The smallest absolute Gasteiger partial charge is 0.308 e. The number of esters is 2. The molecule has 2 aromatic heterocycles. The third-order valence-electron chi connectivity index (χ3n) is 13.4. The number of cyclic esters (lactones) is 1. The van der Waals surface area contributed by atoms with E-state index in [9.17, 15) is 24.6 Å². The second-order valence-electron chi connectivity index (χ2n) is 17.9. The molecule has 3 aliphatic rings. The molecule has 0 radical (unpaired) electrons.